The maximum Gasteiger partial charge on any atom is 0.416 e. The van der Waals surface area contributed by atoms with Crippen LogP contribution in [-0.4, -0.2) is 0 Å². The summed E-state index contributed by atoms with van der Waals surface area (Å²) in [5.41, 5.74) is 1.15. The third kappa shape index (κ3) is 3.81. The first-order valence-electron chi connectivity index (χ1n) is 5.86. The van der Waals surface area contributed by atoms with Crippen molar-refractivity contribution in [3.63, 3.8) is 0 Å². The molecule has 0 aromatic heterocycles. The van der Waals surface area contributed by atoms with Gasteiger partial charge in [0.2, 0.25) is 0 Å². The van der Waals surface area contributed by atoms with Crippen LogP contribution in [0.4, 0.5) is 17.6 Å². The first-order chi connectivity index (χ1) is 8.95. The number of halogens is 4. The summed E-state index contributed by atoms with van der Waals surface area (Å²) in [4.78, 5) is 0. The Morgan fingerprint density at radius 1 is 0.684 bits per heavy atom. The average molecular weight is 268 g/mol. The van der Waals surface area contributed by atoms with E-state index >= 15 is 0 Å². The molecular formula is C15H12F4. The van der Waals surface area contributed by atoms with Gasteiger partial charge >= 0.3 is 6.18 Å². The van der Waals surface area contributed by atoms with Gasteiger partial charge in [0.1, 0.15) is 5.82 Å². The van der Waals surface area contributed by atoms with Crippen molar-refractivity contribution >= 4 is 0 Å². The monoisotopic (exact) mass is 268 g/mol. The zero-order valence-corrected chi connectivity index (χ0v) is 10.0. The van der Waals surface area contributed by atoms with Crippen LogP contribution in [0.15, 0.2) is 48.5 Å². The Morgan fingerprint density at radius 3 is 1.53 bits per heavy atom. The summed E-state index contributed by atoms with van der Waals surface area (Å²) in [6, 6.07) is 11.2. The van der Waals surface area contributed by atoms with Crippen LogP contribution >= 0.6 is 0 Å². The van der Waals surface area contributed by atoms with Crippen LogP contribution < -0.4 is 0 Å². The van der Waals surface area contributed by atoms with Crippen molar-refractivity contribution in [3.8, 4) is 0 Å². The SMILES string of the molecule is Fc1ccc(CCc2ccc(C(F)(F)F)cc2)cc1. The van der Waals surface area contributed by atoms with Gasteiger partial charge in [0.05, 0.1) is 5.56 Å². The highest BCUT2D eigenvalue weighted by molar-refractivity contribution is 5.26. The highest BCUT2D eigenvalue weighted by atomic mass is 19.4. The zero-order chi connectivity index (χ0) is 13.9. The molecule has 0 radical (unpaired) electrons. The molecule has 0 aliphatic heterocycles. The summed E-state index contributed by atoms with van der Waals surface area (Å²) in [6.45, 7) is 0. The highest BCUT2D eigenvalue weighted by Crippen LogP contribution is 2.29. The van der Waals surface area contributed by atoms with Crippen molar-refractivity contribution in [1.82, 2.24) is 0 Å². The van der Waals surface area contributed by atoms with E-state index < -0.39 is 11.7 Å². The van der Waals surface area contributed by atoms with Gasteiger partial charge in [-0.25, -0.2) is 4.39 Å². The molecule has 0 saturated heterocycles. The molecule has 0 saturated carbocycles. The molecule has 0 spiro atoms. The summed E-state index contributed by atoms with van der Waals surface area (Å²) >= 11 is 0. The summed E-state index contributed by atoms with van der Waals surface area (Å²) in [7, 11) is 0. The van der Waals surface area contributed by atoms with Crippen molar-refractivity contribution < 1.29 is 17.6 Å². The molecule has 4 heteroatoms. The Morgan fingerprint density at radius 2 is 1.11 bits per heavy atom. The van der Waals surface area contributed by atoms with Gasteiger partial charge in [0.15, 0.2) is 0 Å². The Hall–Kier alpha value is -1.84. The lowest BCUT2D eigenvalue weighted by molar-refractivity contribution is -0.137. The standard InChI is InChI=1S/C15H12F4/c16-14-9-5-12(6-10-14)2-1-11-3-7-13(8-4-11)15(17,18)19/h3-10H,1-2H2. The Bertz CT molecular complexity index is 524. The molecule has 100 valence electrons. The summed E-state index contributed by atoms with van der Waals surface area (Å²) in [6.07, 6.45) is -3.00. The van der Waals surface area contributed by atoms with Gasteiger partial charge in [-0.3, -0.25) is 0 Å². The molecular weight excluding hydrogens is 256 g/mol. The quantitative estimate of drug-likeness (QED) is 0.712. The molecule has 0 N–H and O–H groups in total. The molecule has 2 aromatic rings. The molecule has 0 atom stereocenters. The van der Waals surface area contributed by atoms with E-state index in [4.69, 9.17) is 0 Å². The second-order valence-electron chi connectivity index (χ2n) is 4.32. The molecule has 2 rings (SSSR count). The number of aryl methyl sites for hydroxylation is 2. The van der Waals surface area contributed by atoms with Gasteiger partial charge in [-0.1, -0.05) is 24.3 Å². The van der Waals surface area contributed by atoms with Crippen molar-refractivity contribution in [2.75, 3.05) is 0 Å². The molecule has 0 heterocycles. The molecule has 2 aromatic carbocycles. The average Bonchev–Trinajstić information content (AvgIpc) is 2.37. The number of benzene rings is 2. The fourth-order valence-corrected chi connectivity index (χ4v) is 1.80. The van der Waals surface area contributed by atoms with Crippen LogP contribution in [0.5, 0.6) is 0 Å². The van der Waals surface area contributed by atoms with Crippen LogP contribution in [0.2, 0.25) is 0 Å². The lowest BCUT2D eigenvalue weighted by Gasteiger charge is -2.07. The van der Waals surface area contributed by atoms with Crippen molar-refractivity contribution in [3.05, 3.63) is 71.0 Å². The molecule has 0 aliphatic rings. The minimum atomic E-state index is -4.30. The predicted octanol–water partition coefficient (Wildman–Crippen LogP) is 4.63. The molecule has 0 bridgehead atoms. The third-order valence-electron chi connectivity index (χ3n) is 2.90. The normalized spacial score (nSPS) is 11.6. The minimum absolute atomic E-state index is 0.293. The number of rotatable bonds is 3. The molecule has 0 amide bonds. The lowest BCUT2D eigenvalue weighted by Crippen LogP contribution is -2.04. The van der Waals surface area contributed by atoms with E-state index in [0.29, 0.717) is 12.8 Å². The van der Waals surface area contributed by atoms with E-state index in [0.717, 1.165) is 23.3 Å². The van der Waals surface area contributed by atoms with Gasteiger partial charge in [-0.05, 0) is 48.2 Å². The van der Waals surface area contributed by atoms with Crippen LogP contribution in [0.1, 0.15) is 16.7 Å². The molecule has 0 fully saturated rings. The Kier molecular flexibility index (Phi) is 3.88. The Balaban J connectivity index is 1.98. The van der Waals surface area contributed by atoms with E-state index in [1.165, 1.54) is 24.3 Å². The largest absolute Gasteiger partial charge is 0.416 e. The molecule has 19 heavy (non-hydrogen) atoms. The predicted molar refractivity (Wildman–Crippen MR) is 65.3 cm³/mol. The first-order valence-corrected chi connectivity index (χ1v) is 5.86. The van der Waals surface area contributed by atoms with Crippen LogP contribution in [-0.2, 0) is 19.0 Å². The number of hydrogen-bond donors (Lipinski definition) is 0. The van der Waals surface area contributed by atoms with Gasteiger partial charge in [0, 0.05) is 0 Å². The van der Waals surface area contributed by atoms with E-state index in [1.54, 1.807) is 12.1 Å². The highest BCUT2D eigenvalue weighted by Gasteiger charge is 2.29. The topological polar surface area (TPSA) is 0 Å². The van der Waals surface area contributed by atoms with Crippen molar-refractivity contribution in [2.45, 2.75) is 19.0 Å². The van der Waals surface area contributed by atoms with Crippen LogP contribution in [0.3, 0.4) is 0 Å². The van der Waals surface area contributed by atoms with Crippen molar-refractivity contribution in [2.24, 2.45) is 0 Å². The number of alkyl halides is 3. The molecule has 0 unspecified atom stereocenters. The summed E-state index contributed by atoms with van der Waals surface area (Å²) < 4.78 is 49.8. The minimum Gasteiger partial charge on any atom is -0.207 e. The lowest BCUT2D eigenvalue weighted by atomic mass is 10.0. The smallest absolute Gasteiger partial charge is 0.207 e. The number of hydrogen-bond acceptors (Lipinski definition) is 0. The van der Waals surface area contributed by atoms with E-state index in [1.807, 2.05) is 0 Å². The summed E-state index contributed by atoms with van der Waals surface area (Å²) in [5.74, 6) is -0.293. The van der Waals surface area contributed by atoms with Gasteiger partial charge in [0.25, 0.3) is 0 Å². The van der Waals surface area contributed by atoms with E-state index in [-0.39, 0.29) is 5.82 Å². The molecule has 0 aliphatic carbocycles. The summed E-state index contributed by atoms with van der Waals surface area (Å²) in [5, 5.41) is 0. The van der Waals surface area contributed by atoms with E-state index in [9.17, 15) is 17.6 Å². The van der Waals surface area contributed by atoms with Gasteiger partial charge < -0.3 is 0 Å². The van der Waals surface area contributed by atoms with Crippen LogP contribution in [0.25, 0.3) is 0 Å². The fraction of sp³-hybridized carbons (Fsp3) is 0.200. The molecule has 0 nitrogen and oxygen atoms in total. The Labute approximate surface area is 108 Å². The maximum atomic E-state index is 12.7. The van der Waals surface area contributed by atoms with Gasteiger partial charge in [-0.2, -0.15) is 13.2 Å². The maximum absolute atomic E-state index is 12.7. The van der Waals surface area contributed by atoms with Gasteiger partial charge in [-0.15, -0.1) is 0 Å². The second-order valence-corrected chi connectivity index (χ2v) is 4.32. The van der Waals surface area contributed by atoms with Crippen molar-refractivity contribution in [1.29, 1.82) is 0 Å². The fourth-order valence-electron chi connectivity index (χ4n) is 1.80. The first kappa shape index (κ1) is 13.6. The second kappa shape index (κ2) is 5.43. The third-order valence-corrected chi connectivity index (χ3v) is 2.90. The van der Waals surface area contributed by atoms with Crippen LogP contribution in [0, 0.1) is 5.82 Å². The van der Waals surface area contributed by atoms with E-state index in [2.05, 4.69) is 0 Å². The zero-order valence-electron chi connectivity index (χ0n) is 10.0.